The summed E-state index contributed by atoms with van der Waals surface area (Å²) in [7, 11) is 0. The molecule has 2 rings (SSSR count). The summed E-state index contributed by atoms with van der Waals surface area (Å²) < 4.78 is 3.87. The number of nitrogens with two attached hydrogens (primary N) is 1. The number of aliphatic hydroxyl groups excluding tert-OH is 2. The van der Waals surface area contributed by atoms with Crippen LogP contribution in [0.5, 0.6) is 0 Å². The highest BCUT2D eigenvalue weighted by Crippen LogP contribution is 2.32. The van der Waals surface area contributed by atoms with E-state index in [1.807, 2.05) is 6.07 Å². The molecular formula is C8H10N4O2S. The number of nitrogens with zero attached hydrogens (tertiary/aromatic N) is 3. The van der Waals surface area contributed by atoms with Crippen molar-refractivity contribution in [3.05, 3.63) is 5.56 Å². The van der Waals surface area contributed by atoms with E-state index in [0.717, 1.165) is 11.5 Å². The SMILES string of the molecule is N#Cc1c(N)nsc1N1CC(O)C(O)C1. The van der Waals surface area contributed by atoms with Crippen molar-refractivity contribution >= 4 is 22.4 Å². The maximum Gasteiger partial charge on any atom is 0.157 e. The zero-order valence-corrected chi connectivity index (χ0v) is 8.61. The molecule has 1 aliphatic heterocycles. The van der Waals surface area contributed by atoms with Crippen LogP contribution in [0.25, 0.3) is 0 Å². The van der Waals surface area contributed by atoms with Gasteiger partial charge in [-0.25, -0.2) is 0 Å². The van der Waals surface area contributed by atoms with Crippen molar-refractivity contribution in [3.63, 3.8) is 0 Å². The topological polar surface area (TPSA) is 106 Å². The molecule has 1 fully saturated rings. The molecule has 4 N–H and O–H groups in total. The Hall–Kier alpha value is -1.36. The van der Waals surface area contributed by atoms with Gasteiger partial charge in [-0.1, -0.05) is 0 Å². The van der Waals surface area contributed by atoms with Crippen LogP contribution in [0.15, 0.2) is 0 Å². The van der Waals surface area contributed by atoms with E-state index < -0.39 is 12.2 Å². The molecule has 15 heavy (non-hydrogen) atoms. The minimum Gasteiger partial charge on any atom is -0.389 e. The zero-order valence-electron chi connectivity index (χ0n) is 7.79. The molecule has 0 spiro atoms. The van der Waals surface area contributed by atoms with E-state index in [9.17, 15) is 10.2 Å². The Bertz CT molecular complexity index is 403. The molecule has 0 aromatic carbocycles. The fourth-order valence-corrected chi connectivity index (χ4v) is 2.33. The molecule has 0 amide bonds. The van der Waals surface area contributed by atoms with Gasteiger partial charge in [0.05, 0.1) is 12.2 Å². The molecule has 1 aromatic rings. The number of hydrogen-bond acceptors (Lipinski definition) is 7. The molecule has 0 bridgehead atoms. The van der Waals surface area contributed by atoms with Gasteiger partial charge in [0.15, 0.2) is 5.82 Å². The molecule has 80 valence electrons. The molecule has 0 radical (unpaired) electrons. The molecule has 1 aromatic heterocycles. The van der Waals surface area contributed by atoms with Gasteiger partial charge in [-0.3, -0.25) is 0 Å². The zero-order chi connectivity index (χ0) is 11.0. The molecule has 2 atom stereocenters. The molecule has 2 heterocycles. The monoisotopic (exact) mass is 226 g/mol. The maximum atomic E-state index is 9.38. The Morgan fingerprint density at radius 3 is 2.60 bits per heavy atom. The van der Waals surface area contributed by atoms with Gasteiger partial charge in [0.25, 0.3) is 0 Å². The first-order chi connectivity index (χ1) is 7.13. The average molecular weight is 226 g/mol. The van der Waals surface area contributed by atoms with Crippen LogP contribution in [0, 0.1) is 11.3 Å². The number of aliphatic hydroxyl groups is 2. The smallest absolute Gasteiger partial charge is 0.157 e. The Labute approximate surface area is 90.3 Å². The number of nitriles is 1. The molecule has 1 aliphatic rings. The molecule has 1 saturated heterocycles. The average Bonchev–Trinajstić information content (AvgIpc) is 2.71. The Kier molecular flexibility index (Phi) is 2.48. The lowest BCUT2D eigenvalue weighted by Crippen LogP contribution is -2.22. The van der Waals surface area contributed by atoms with Crippen molar-refractivity contribution in [2.45, 2.75) is 12.2 Å². The molecular weight excluding hydrogens is 216 g/mol. The van der Waals surface area contributed by atoms with Crippen molar-refractivity contribution in [2.75, 3.05) is 23.7 Å². The summed E-state index contributed by atoms with van der Waals surface area (Å²) in [5, 5.41) is 28.2. The number of aromatic nitrogens is 1. The van der Waals surface area contributed by atoms with Gasteiger partial charge in [-0.05, 0) is 11.5 Å². The largest absolute Gasteiger partial charge is 0.389 e. The normalized spacial score (nSPS) is 25.5. The lowest BCUT2D eigenvalue weighted by Gasteiger charge is -2.14. The van der Waals surface area contributed by atoms with Gasteiger partial charge in [0.2, 0.25) is 0 Å². The highest BCUT2D eigenvalue weighted by atomic mass is 32.1. The van der Waals surface area contributed by atoms with Crippen molar-refractivity contribution in [1.29, 1.82) is 5.26 Å². The number of anilines is 2. The summed E-state index contributed by atoms with van der Waals surface area (Å²) in [6.07, 6.45) is -1.56. The van der Waals surface area contributed by atoms with Crippen LogP contribution in [0.1, 0.15) is 5.56 Å². The van der Waals surface area contributed by atoms with E-state index in [4.69, 9.17) is 11.0 Å². The van der Waals surface area contributed by atoms with E-state index in [1.165, 1.54) is 0 Å². The first-order valence-corrected chi connectivity index (χ1v) is 5.17. The van der Waals surface area contributed by atoms with Crippen LogP contribution >= 0.6 is 11.5 Å². The Balaban J connectivity index is 2.28. The third kappa shape index (κ3) is 1.63. The fraction of sp³-hybridized carbons (Fsp3) is 0.500. The summed E-state index contributed by atoms with van der Waals surface area (Å²) >= 11 is 1.11. The molecule has 2 unspecified atom stereocenters. The van der Waals surface area contributed by atoms with Gasteiger partial charge in [-0.15, -0.1) is 0 Å². The summed E-state index contributed by atoms with van der Waals surface area (Å²) in [4.78, 5) is 1.72. The van der Waals surface area contributed by atoms with E-state index in [2.05, 4.69) is 4.37 Å². The van der Waals surface area contributed by atoms with Crippen LogP contribution in [0.3, 0.4) is 0 Å². The Morgan fingerprint density at radius 2 is 2.07 bits per heavy atom. The number of β-amino-alcohol motifs (C(OH)–C–C–N with tert-alkyl or cyclic N) is 2. The second kappa shape index (κ2) is 3.66. The predicted molar refractivity (Wildman–Crippen MR) is 55.5 cm³/mol. The Morgan fingerprint density at radius 1 is 1.47 bits per heavy atom. The lowest BCUT2D eigenvalue weighted by molar-refractivity contribution is 0.0572. The second-order valence-corrected chi connectivity index (χ2v) is 4.15. The van der Waals surface area contributed by atoms with Gasteiger partial charge in [-0.2, -0.15) is 9.64 Å². The van der Waals surface area contributed by atoms with E-state index in [0.29, 0.717) is 23.7 Å². The van der Waals surface area contributed by atoms with E-state index in [1.54, 1.807) is 4.90 Å². The summed E-state index contributed by atoms with van der Waals surface area (Å²) in [5.41, 5.74) is 5.83. The second-order valence-electron chi connectivity index (χ2n) is 3.40. The summed E-state index contributed by atoms with van der Waals surface area (Å²) in [5.74, 6) is 0.202. The van der Waals surface area contributed by atoms with Gasteiger partial charge in [0.1, 0.15) is 16.6 Å². The van der Waals surface area contributed by atoms with Crippen LogP contribution in [0.2, 0.25) is 0 Å². The third-order valence-corrected chi connectivity index (χ3v) is 3.28. The maximum absolute atomic E-state index is 9.38. The van der Waals surface area contributed by atoms with E-state index in [-0.39, 0.29) is 5.82 Å². The quantitative estimate of drug-likeness (QED) is 0.575. The van der Waals surface area contributed by atoms with Crippen LogP contribution < -0.4 is 10.6 Å². The van der Waals surface area contributed by atoms with Gasteiger partial charge in [0, 0.05) is 13.1 Å². The highest BCUT2D eigenvalue weighted by molar-refractivity contribution is 7.10. The minimum atomic E-state index is -0.778. The van der Waals surface area contributed by atoms with Crippen molar-refractivity contribution < 1.29 is 10.2 Å². The lowest BCUT2D eigenvalue weighted by atomic mass is 10.3. The predicted octanol–water partition coefficient (Wildman–Crippen LogP) is -0.861. The number of rotatable bonds is 1. The number of nitrogen functional groups attached to an aromatic ring is 1. The summed E-state index contributed by atoms with van der Waals surface area (Å²) in [6.45, 7) is 0.606. The first kappa shape index (κ1) is 10.2. The summed E-state index contributed by atoms with van der Waals surface area (Å²) in [6, 6.07) is 1.97. The van der Waals surface area contributed by atoms with Crippen molar-refractivity contribution in [1.82, 2.24) is 4.37 Å². The minimum absolute atomic E-state index is 0.202. The molecule has 0 saturated carbocycles. The fourth-order valence-electron chi connectivity index (χ4n) is 1.55. The highest BCUT2D eigenvalue weighted by Gasteiger charge is 2.32. The number of hydrogen-bond donors (Lipinski definition) is 3. The first-order valence-electron chi connectivity index (χ1n) is 4.39. The van der Waals surface area contributed by atoms with Crippen LogP contribution in [-0.2, 0) is 0 Å². The van der Waals surface area contributed by atoms with Gasteiger partial charge >= 0.3 is 0 Å². The third-order valence-electron chi connectivity index (χ3n) is 2.36. The molecule has 6 nitrogen and oxygen atoms in total. The standard InChI is InChI=1S/C8H10N4O2S/c9-1-4-7(10)11-15-8(4)12-2-5(13)6(14)3-12/h5-6,13-14H,2-3H2,(H2,10,11). The van der Waals surface area contributed by atoms with Crippen LogP contribution in [-0.4, -0.2) is 39.9 Å². The molecule has 7 heteroatoms. The van der Waals surface area contributed by atoms with Crippen molar-refractivity contribution in [3.8, 4) is 6.07 Å². The van der Waals surface area contributed by atoms with Gasteiger partial charge < -0.3 is 20.8 Å². The van der Waals surface area contributed by atoms with Crippen LogP contribution in [0.4, 0.5) is 10.8 Å². The molecule has 0 aliphatic carbocycles. The van der Waals surface area contributed by atoms with Crippen molar-refractivity contribution in [2.24, 2.45) is 0 Å². The van der Waals surface area contributed by atoms with E-state index >= 15 is 0 Å².